The largest absolute Gasteiger partial charge is 0.324 e. The van der Waals surface area contributed by atoms with Crippen LogP contribution in [0.3, 0.4) is 0 Å². The van der Waals surface area contributed by atoms with Gasteiger partial charge in [0.25, 0.3) is 0 Å². The highest BCUT2D eigenvalue weighted by atomic mass is 35.5. The number of rotatable bonds is 3. The van der Waals surface area contributed by atoms with Crippen molar-refractivity contribution in [2.75, 3.05) is 5.32 Å². The maximum atomic E-state index is 13.3. The molecular weight excluding hydrogens is 277 g/mol. The number of nitrogens with one attached hydrogen (secondary N) is 1. The van der Waals surface area contributed by atoms with Gasteiger partial charge in [-0.05, 0) is 31.0 Å². The van der Waals surface area contributed by atoms with Gasteiger partial charge in [-0.25, -0.2) is 9.37 Å². The van der Waals surface area contributed by atoms with Crippen molar-refractivity contribution in [1.29, 1.82) is 0 Å². The van der Waals surface area contributed by atoms with Crippen molar-refractivity contribution >= 4 is 23.2 Å². The Morgan fingerprint density at radius 2 is 2.05 bits per heavy atom. The lowest BCUT2D eigenvalue weighted by molar-refractivity contribution is 0.356. The summed E-state index contributed by atoms with van der Waals surface area (Å²) in [6, 6.07) is 4.76. The average Bonchev–Trinajstić information content (AvgIpc) is 2.92. The Labute approximate surface area is 122 Å². The fraction of sp³-hybridized carbons (Fsp3) is 0.400. The van der Waals surface area contributed by atoms with E-state index in [1.54, 1.807) is 12.3 Å². The third-order valence-electron chi connectivity index (χ3n) is 3.81. The first-order chi connectivity index (χ1) is 9.74. The number of imidazole rings is 1. The van der Waals surface area contributed by atoms with E-state index in [4.69, 9.17) is 11.6 Å². The fourth-order valence-electron chi connectivity index (χ4n) is 2.78. The Balaban J connectivity index is 1.84. The molecule has 1 fully saturated rings. The molecule has 0 radical (unpaired) electrons. The number of aromatic nitrogens is 2. The van der Waals surface area contributed by atoms with Gasteiger partial charge < -0.3 is 9.88 Å². The van der Waals surface area contributed by atoms with Crippen LogP contribution in [0.4, 0.5) is 16.0 Å². The molecule has 0 atom stereocenters. The van der Waals surface area contributed by atoms with Crippen LogP contribution < -0.4 is 5.32 Å². The molecule has 2 aromatic rings. The van der Waals surface area contributed by atoms with Crippen molar-refractivity contribution in [3.05, 3.63) is 41.4 Å². The summed E-state index contributed by atoms with van der Waals surface area (Å²) in [6.07, 6.45) is 9.90. The van der Waals surface area contributed by atoms with Gasteiger partial charge in [-0.2, -0.15) is 0 Å². The normalized spacial score (nSPS) is 16.3. The molecule has 0 saturated heterocycles. The van der Waals surface area contributed by atoms with E-state index in [0.29, 0.717) is 16.8 Å². The number of halogens is 2. The predicted molar refractivity (Wildman–Crippen MR) is 79.0 cm³/mol. The summed E-state index contributed by atoms with van der Waals surface area (Å²) >= 11 is 6.09. The smallest absolute Gasteiger partial charge is 0.207 e. The highest BCUT2D eigenvalue weighted by Crippen LogP contribution is 2.32. The molecule has 20 heavy (non-hydrogen) atoms. The van der Waals surface area contributed by atoms with Crippen LogP contribution in [0.25, 0.3) is 0 Å². The van der Waals surface area contributed by atoms with E-state index in [0.717, 1.165) is 5.95 Å². The lowest BCUT2D eigenvalue weighted by Crippen LogP contribution is -2.14. The highest BCUT2D eigenvalue weighted by Gasteiger charge is 2.18. The van der Waals surface area contributed by atoms with E-state index in [1.165, 1.54) is 44.2 Å². The molecule has 0 spiro atoms. The van der Waals surface area contributed by atoms with Crippen LogP contribution in [0.15, 0.2) is 30.6 Å². The maximum Gasteiger partial charge on any atom is 0.207 e. The summed E-state index contributed by atoms with van der Waals surface area (Å²) in [5.74, 6) is 0.414. The summed E-state index contributed by atoms with van der Waals surface area (Å²) in [5, 5.41) is 3.63. The van der Waals surface area contributed by atoms with Crippen LogP contribution in [0.2, 0.25) is 5.02 Å². The molecule has 0 amide bonds. The van der Waals surface area contributed by atoms with E-state index >= 15 is 0 Å². The topological polar surface area (TPSA) is 29.9 Å². The van der Waals surface area contributed by atoms with Crippen molar-refractivity contribution in [1.82, 2.24) is 9.55 Å². The zero-order valence-corrected chi connectivity index (χ0v) is 11.9. The van der Waals surface area contributed by atoms with Crippen molar-refractivity contribution in [2.45, 2.75) is 38.1 Å². The van der Waals surface area contributed by atoms with Gasteiger partial charge in [0.1, 0.15) is 5.82 Å². The van der Waals surface area contributed by atoms with Gasteiger partial charge in [0.2, 0.25) is 5.95 Å². The molecule has 1 aliphatic rings. The molecule has 1 aliphatic carbocycles. The molecule has 0 unspecified atom stereocenters. The van der Waals surface area contributed by atoms with Crippen molar-refractivity contribution in [3.8, 4) is 0 Å². The van der Waals surface area contributed by atoms with Crippen molar-refractivity contribution in [2.24, 2.45) is 0 Å². The Morgan fingerprint density at radius 3 is 2.85 bits per heavy atom. The van der Waals surface area contributed by atoms with Crippen molar-refractivity contribution in [3.63, 3.8) is 0 Å². The zero-order chi connectivity index (χ0) is 13.9. The summed E-state index contributed by atoms with van der Waals surface area (Å²) in [6.45, 7) is 0. The summed E-state index contributed by atoms with van der Waals surface area (Å²) in [5.41, 5.74) is 0.551. The van der Waals surface area contributed by atoms with Crippen LogP contribution in [0, 0.1) is 5.82 Å². The minimum atomic E-state index is -0.312. The van der Waals surface area contributed by atoms with E-state index < -0.39 is 0 Å². The number of hydrogen-bond donors (Lipinski definition) is 1. The van der Waals surface area contributed by atoms with E-state index in [1.807, 2.05) is 6.20 Å². The first-order valence-corrected chi connectivity index (χ1v) is 7.37. The number of benzene rings is 1. The van der Waals surface area contributed by atoms with Gasteiger partial charge in [0, 0.05) is 18.4 Å². The predicted octanol–water partition coefficient (Wildman–Crippen LogP) is 4.92. The monoisotopic (exact) mass is 293 g/mol. The number of nitrogens with zero attached hydrogens (tertiary/aromatic N) is 2. The molecule has 1 saturated carbocycles. The summed E-state index contributed by atoms with van der Waals surface area (Å²) < 4.78 is 15.4. The minimum absolute atomic E-state index is 0.312. The van der Waals surface area contributed by atoms with Crippen LogP contribution in [0.5, 0.6) is 0 Å². The Morgan fingerprint density at radius 1 is 1.25 bits per heavy atom. The maximum absolute atomic E-state index is 13.3. The molecule has 1 N–H and O–H groups in total. The quantitative estimate of drug-likeness (QED) is 0.870. The lowest BCUT2D eigenvalue weighted by Gasteiger charge is -2.24. The molecule has 0 aliphatic heterocycles. The molecule has 3 rings (SSSR count). The second-order valence-electron chi connectivity index (χ2n) is 5.20. The van der Waals surface area contributed by atoms with E-state index in [9.17, 15) is 4.39 Å². The Kier molecular flexibility index (Phi) is 3.92. The lowest BCUT2D eigenvalue weighted by atomic mass is 9.95. The highest BCUT2D eigenvalue weighted by molar-refractivity contribution is 6.33. The van der Waals surface area contributed by atoms with Crippen LogP contribution in [-0.2, 0) is 0 Å². The fourth-order valence-corrected chi connectivity index (χ4v) is 2.94. The van der Waals surface area contributed by atoms with Crippen LogP contribution >= 0.6 is 11.6 Å². The number of hydrogen-bond acceptors (Lipinski definition) is 2. The molecule has 1 aromatic heterocycles. The van der Waals surface area contributed by atoms with E-state index in [-0.39, 0.29) is 5.82 Å². The van der Waals surface area contributed by atoms with Gasteiger partial charge in [0.15, 0.2) is 0 Å². The zero-order valence-electron chi connectivity index (χ0n) is 11.1. The van der Waals surface area contributed by atoms with Crippen molar-refractivity contribution < 1.29 is 4.39 Å². The molecule has 106 valence electrons. The first-order valence-electron chi connectivity index (χ1n) is 6.99. The molecule has 5 heteroatoms. The third kappa shape index (κ3) is 2.80. The van der Waals surface area contributed by atoms with E-state index in [2.05, 4.69) is 14.9 Å². The molecule has 1 aromatic carbocycles. The molecule has 0 bridgehead atoms. The SMILES string of the molecule is Fc1ccc(Cl)c(Nc2nccn2C2CCCCC2)c1. The summed E-state index contributed by atoms with van der Waals surface area (Å²) in [4.78, 5) is 4.33. The van der Waals surface area contributed by atoms with Crippen LogP contribution in [0.1, 0.15) is 38.1 Å². The van der Waals surface area contributed by atoms with Gasteiger partial charge in [-0.3, -0.25) is 0 Å². The Bertz CT molecular complexity index is 591. The second kappa shape index (κ2) is 5.83. The Hall–Kier alpha value is -1.55. The van der Waals surface area contributed by atoms with Gasteiger partial charge in [-0.1, -0.05) is 30.9 Å². The average molecular weight is 294 g/mol. The van der Waals surface area contributed by atoms with Gasteiger partial charge in [0.05, 0.1) is 10.7 Å². The number of anilines is 2. The van der Waals surface area contributed by atoms with Gasteiger partial charge in [-0.15, -0.1) is 0 Å². The molecule has 3 nitrogen and oxygen atoms in total. The standard InChI is InChI=1S/C15H17ClFN3/c16-13-7-6-11(17)10-14(13)19-15-18-8-9-20(15)12-4-2-1-3-5-12/h6-10,12H,1-5H2,(H,18,19). The van der Waals surface area contributed by atoms with Crippen LogP contribution in [-0.4, -0.2) is 9.55 Å². The first kappa shape index (κ1) is 13.4. The minimum Gasteiger partial charge on any atom is -0.324 e. The third-order valence-corrected chi connectivity index (χ3v) is 4.14. The molecular formula is C15H17ClFN3. The molecule has 1 heterocycles. The van der Waals surface area contributed by atoms with Gasteiger partial charge >= 0.3 is 0 Å². The summed E-state index contributed by atoms with van der Waals surface area (Å²) in [7, 11) is 0. The second-order valence-corrected chi connectivity index (χ2v) is 5.61.